The molecule has 0 aliphatic carbocycles. The van der Waals surface area contributed by atoms with Gasteiger partial charge in [-0.1, -0.05) is 20.8 Å². The lowest BCUT2D eigenvalue weighted by atomic mass is 10.2. The zero-order chi connectivity index (χ0) is 13.7. The lowest BCUT2D eigenvalue weighted by molar-refractivity contribution is 0.631. The lowest BCUT2D eigenvalue weighted by Gasteiger charge is -2.23. The van der Waals surface area contributed by atoms with Crippen molar-refractivity contribution in [2.24, 2.45) is 11.8 Å². The molecule has 0 radical (unpaired) electrons. The molecular weight excluding hydrogens is 226 g/mol. The van der Waals surface area contributed by atoms with E-state index in [0.717, 1.165) is 42.4 Å². The number of aryl methyl sites for hydroxylation is 1. The van der Waals surface area contributed by atoms with Crippen molar-refractivity contribution in [2.75, 3.05) is 23.9 Å². The van der Waals surface area contributed by atoms with E-state index in [-0.39, 0.29) is 0 Å². The number of nitrogens with one attached hydrogen (secondary N) is 1. The number of hydrogen-bond acceptors (Lipinski definition) is 5. The number of anilines is 2. The Hall–Kier alpha value is -1.36. The monoisotopic (exact) mass is 251 g/mol. The van der Waals surface area contributed by atoms with Gasteiger partial charge in [0.05, 0.1) is 0 Å². The fourth-order valence-electron chi connectivity index (χ4n) is 2.03. The molecule has 3 N–H and O–H groups in total. The molecule has 0 aliphatic heterocycles. The van der Waals surface area contributed by atoms with Crippen LogP contribution in [0.15, 0.2) is 0 Å². The highest BCUT2D eigenvalue weighted by molar-refractivity contribution is 5.57. The minimum atomic E-state index is 0.591. The number of nitrogens with zero attached hydrogens (tertiary/aromatic N) is 3. The van der Waals surface area contributed by atoms with Crippen molar-refractivity contribution in [3.63, 3.8) is 0 Å². The van der Waals surface area contributed by atoms with Gasteiger partial charge in [0, 0.05) is 25.6 Å². The van der Waals surface area contributed by atoms with Crippen molar-refractivity contribution >= 4 is 11.6 Å². The summed E-state index contributed by atoms with van der Waals surface area (Å²) in [6, 6.07) is 0. The van der Waals surface area contributed by atoms with Crippen LogP contribution in [0.3, 0.4) is 0 Å². The molecule has 0 amide bonds. The number of nitrogen functional groups attached to an aromatic ring is 1. The van der Waals surface area contributed by atoms with Gasteiger partial charge in [0.15, 0.2) is 0 Å². The molecule has 0 atom stereocenters. The van der Waals surface area contributed by atoms with E-state index in [0.29, 0.717) is 5.92 Å². The fraction of sp³-hybridized carbons (Fsp3) is 0.692. The van der Waals surface area contributed by atoms with Gasteiger partial charge < -0.3 is 10.3 Å². The molecule has 18 heavy (non-hydrogen) atoms. The van der Waals surface area contributed by atoms with Crippen LogP contribution < -0.4 is 16.2 Å². The quantitative estimate of drug-likeness (QED) is 0.599. The van der Waals surface area contributed by atoms with Gasteiger partial charge >= 0.3 is 0 Å². The minimum Gasteiger partial charge on any atom is -0.359 e. The smallest absolute Gasteiger partial charge is 0.148 e. The Morgan fingerprint density at radius 3 is 2.50 bits per heavy atom. The molecule has 1 aromatic rings. The van der Waals surface area contributed by atoms with E-state index in [4.69, 9.17) is 5.84 Å². The molecule has 0 spiro atoms. The van der Waals surface area contributed by atoms with E-state index in [1.54, 1.807) is 0 Å². The Morgan fingerprint density at radius 2 is 2.00 bits per heavy atom. The number of hydrazine groups is 1. The molecule has 1 heterocycles. The summed E-state index contributed by atoms with van der Waals surface area (Å²) < 4.78 is 0. The van der Waals surface area contributed by atoms with Gasteiger partial charge in [-0.25, -0.2) is 15.8 Å². The highest BCUT2D eigenvalue weighted by Gasteiger charge is 2.14. The van der Waals surface area contributed by atoms with Crippen LogP contribution in [0.2, 0.25) is 0 Å². The normalized spacial score (nSPS) is 10.8. The maximum Gasteiger partial charge on any atom is 0.148 e. The molecule has 0 unspecified atom stereocenters. The first-order valence-electron chi connectivity index (χ1n) is 6.54. The minimum absolute atomic E-state index is 0.591. The van der Waals surface area contributed by atoms with E-state index >= 15 is 0 Å². The average Bonchev–Trinajstić information content (AvgIpc) is 2.30. The molecule has 0 aromatic carbocycles. The van der Waals surface area contributed by atoms with Crippen molar-refractivity contribution in [1.29, 1.82) is 0 Å². The summed E-state index contributed by atoms with van der Waals surface area (Å²) in [5, 5.41) is 0. The maximum atomic E-state index is 5.53. The largest absolute Gasteiger partial charge is 0.359 e. The summed E-state index contributed by atoms with van der Waals surface area (Å²) in [6.07, 6.45) is 1.90. The Labute approximate surface area is 110 Å². The van der Waals surface area contributed by atoms with Crippen molar-refractivity contribution < 1.29 is 0 Å². The van der Waals surface area contributed by atoms with Crippen LogP contribution >= 0.6 is 0 Å². The second-order valence-corrected chi connectivity index (χ2v) is 5.11. The molecule has 1 aromatic heterocycles. The molecular formula is C13H25N5. The molecule has 102 valence electrons. The predicted octanol–water partition coefficient (Wildman–Crippen LogP) is 2.12. The molecule has 0 saturated carbocycles. The number of aromatic nitrogens is 2. The van der Waals surface area contributed by atoms with Crippen LogP contribution in [-0.2, 0) is 6.42 Å². The van der Waals surface area contributed by atoms with E-state index in [1.165, 1.54) is 0 Å². The third-order valence-electron chi connectivity index (χ3n) is 2.78. The number of nitrogens with two attached hydrogens (primary N) is 1. The lowest BCUT2D eigenvalue weighted by Crippen LogP contribution is -2.26. The van der Waals surface area contributed by atoms with Gasteiger partial charge in [0.2, 0.25) is 0 Å². The zero-order valence-corrected chi connectivity index (χ0v) is 12.1. The molecule has 5 heteroatoms. The first-order chi connectivity index (χ1) is 8.49. The topological polar surface area (TPSA) is 67.1 Å². The maximum absolute atomic E-state index is 5.53. The van der Waals surface area contributed by atoms with E-state index in [2.05, 4.69) is 48.1 Å². The summed E-state index contributed by atoms with van der Waals surface area (Å²) in [7, 11) is 2.06. The summed E-state index contributed by atoms with van der Waals surface area (Å²) in [4.78, 5) is 11.2. The van der Waals surface area contributed by atoms with Crippen LogP contribution in [0.5, 0.6) is 0 Å². The Morgan fingerprint density at radius 1 is 1.33 bits per heavy atom. The third-order valence-corrected chi connectivity index (χ3v) is 2.78. The Balaban J connectivity index is 3.11. The van der Waals surface area contributed by atoms with Crippen LogP contribution in [0.25, 0.3) is 0 Å². The average molecular weight is 251 g/mol. The Bertz CT molecular complexity index is 389. The first-order valence-corrected chi connectivity index (χ1v) is 6.54. The molecule has 0 bridgehead atoms. The SMILES string of the molecule is CCCc1nc(NN)c(C)c(N(C)CC(C)C)n1. The molecule has 0 saturated heterocycles. The summed E-state index contributed by atoms with van der Waals surface area (Å²) in [5.41, 5.74) is 3.67. The third kappa shape index (κ3) is 3.57. The highest BCUT2D eigenvalue weighted by Crippen LogP contribution is 2.23. The van der Waals surface area contributed by atoms with Gasteiger partial charge in [0.1, 0.15) is 17.5 Å². The van der Waals surface area contributed by atoms with Crippen molar-refractivity contribution in [2.45, 2.75) is 40.5 Å². The van der Waals surface area contributed by atoms with E-state index in [1.807, 2.05) is 6.92 Å². The first kappa shape index (κ1) is 14.7. The van der Waals surface area contributed by atoms with E-state index in [9.17, 15) is 0 Å². The van der Waals surface area contributed by atoms with Crippen LogP contribution in [0, 0.1) is 12.8 Å². The molecule has 1 rings (SSSR count). The number of hydrogen-bond donors (Lipinski definition) is 2. The zero-order valence-electron chi connectivity index (χ0n) is 12.1. The molecule has 0 aliphatic rings. The van der Waals surface area contributed by atoms with Gasteiger partial charge in [-0.3, -0.25) is 0 Å². The second kappa shape index (κ2) is 6.54. The number of rotatable bonds is 6. The summed E-state index contributed by atoms with van der Waals surface area (Å²) in [6.45, 7) is 9.48. The van der Waals surface area contributed by atoms with Crippen LogP contribution in [0.1, 0.15) is 38.6 Å². The van der Waals surface area contributed by atoms with Gasteiger partial charge in [-0.15, -0.1) is 0 Å². The molecule has 5 nitrogen and oxygen atoms in total. The van der Waals surface area contributed by atoms with Gasteiger partial charge in [0.25, 0.3) is 0 Å². The van der Waals surface area contributed by atoms with Crippen molar-refractivity contribution in [1.82, 2.24) is 9.97 Å². The molecule has 0 fully saturated rings. The van der Waals surface area contributed by atoms with Crippen LogP contribution in [0.4, 0.5) is 11.6 Å². The summed E-state index contributed by atoms with van der Waals surface area (Å²) in [5.74, 6) is 8.66. The summed E-state index contributed by atoms with van der Waals surface area (Å²) >= 11 is 0. The van der Waals surface area contributed by atoms with Crippen LogP contribution in [-0.4, -0.2) is 23.6 Å². The van der Waals surface area contributed by atoms with Crippen molar-refractivity contribution in [3.05, 3.63) is 11.4 Å². The van der Waals surface area contributed by atoms with Crippen molar-refractivity contribution in [3.8, 4) is 0 Å². The highest BCUT2D eigenvalue weighted by atomic mass is 15.3. The Kier molecular flexibility index (Phi) is 5.34. The fourth-order valence-corrected chi connectivity index (χ4v) is 2.03. The second-order valence-electron chi connectivity index (χ2n) is 5.11. The predicted molar refractivity (Wildman–Crippen MR) is 76.7 cm³/mol. The standard InChI is InChI=1S/C13H25N5/c1-6-7-11-15-12(17-14)10(4)13(16-11)18(5)8-9(2)3/h9H,6-8,14H2,1-5H3,(H,15,16,17). The van der Waals surface area contributed by atoms with Gasteiger partial charge in [-0.2, -0.15) is 0 Å². The van der Waals surface area contributed by atoms with Gasteiger partial charge in [-0.05, 0) is 19.3 Å². The van der Waals surface area contributed by atoms with E-state index < -0.39 is 0 Å².